The second-order valence-corrected chi connectivity index (χ2v) is 6.10. The Morgan fingerprint density at radius 1 is 1.08 bits per heavy atom. The van der Waals surface area contributed by atoms with Crippen LogP contribution in [0, 0.1) is 0 Å². The zero-order valence-corrected chi connectivity index (χ0v) is 15.2. The van der Waals surface area contributed by atoms with E-state index in [1.807, 2.05) is 42.5 Å². The number of aromatic nitrogens is 1. The van der Waals surface area contributed by atoms with E-state index in [0.717, 1.165) is 16.5 Å². The highest BCUT2D eigenvalue weighted by molar-refractivity contribution is 5.83. The highest BCUT2D eigenvalue weighted by atomic mass is 16.5. The second kappa shape index (κ2) is 7.87. The van der Waals surface area contributed by atoms with Gasteiger partial charge in [-0.25, -0.2) is 0 Å². The Kier molecular flexibility index (Phi) is 5.37. The van der Waals surface area contributed by atoms with Crippen LogP contribution in [0.3, 0.4) is 0 Å². The third kappa shape index (κ3) is 3.77. The highest BCUT2D eigenvalue weighted by Crippen LogP contribution is 2.27. The lowest BCUT2D eigenvalue weighted by Crippen LogP contribution is -2.37. The van der Waals surface area contributed by atoms with Gasteiger partial charge < -0.3 is 14.4 Å². The van der Waals surface area contributed by atoms with Crippen molar-refractivity contribution in [3.63, 3.8) is 0 Å². The van der Waals surface area contributed by atoms with E-state index in [9.17, 15) is 4.79 Å². The predicted molar refractivity (Wildman–Crippen MR) is 101 cm³/mol. The van der Waals surface area contributed by atoms with Gasteiger partial charge in [-0.1, -0.05) is 36.4 Å². The van der Waals surface area contributed by atoms with Crippen molar-refractivity contribution in [2.75, 3.05) is 14.2 Å². The van der Waals surface area contributed by atoms with Crippen LogP contribution in [0.25, 0.3) is 10.9 Å². The maximum absolute atomic E-state index is 12.7. The predicted octanol–water partition coefficient (Wildman–Crippen LogP) is 3.67. The number of carbonyl (C=O) groups is 1. The molecular formula is C21H22N2O3. The third-order valence-electron chi connectivity index (χ3n) is 4.22. The van der Waals surface area contributed by atoms with Crippen LogP contribution in [0.15, 0.2) is 60.8 Å². The number of pyridine rings is 1. The van der Waals surface area contributed by atoms with E-state index in [2.05, 4.69) is 4.98 Å². The van der Waals surface area contributed by atoms with Crippen LogP contribution in [0.5, 0.6) is 11.5 Å². The number of amides is 1. The van der Waals surface area contributed by atoms with Crippen molar-refractivity contribution < 1.29 is 14.3 Å². The summed E-state index contributed by atoms with van der Waals surface area (Å²) in [5, 5.41) is 1.06. The zero-order chi connectivity index (χ0) is 18.5. The molecule has 0 spiro atoms. The Bertz CT molecular complexity index is 905. The highest BCUT2D eigenvalue weighted by Gasteiger charge is 2.21. The van der Waals surface area contributed by atoms with Crippen molar-refractivity contribution in [1.82, 2.24) is 9.88 Å². The van der Waals surface area contributed by atoms with Crippen molar-refractivity contribution in [2.24, 2.45) is 0 Å². The lowest BCUT2D eigenvalue weighted by atomic mass is 10.1. The Hall–Kier alpha value is -3.08. The molecule has 2 aromatic carbocycles. The Morgan fingerprint density at radius 2 is 1.81 bits per heavy atom. The molecule has 1 heterocycles. The molecule has 0 aliphatic heterocycles. The number of nitrogens with zero attached hydrogens (tertiary/aromatic N) is 2. The first-order valence-electron chi connectivity index (χ1n) is 8.47. The van der Waals surface area contributed by atoms with Gasteiger partial charge in [0, 0.05) is 25.2 Å². The van der Waals surface area contributed by atoms with Crippen molar-refractivity contribution in [2.45, 2.75) is 19.6 Å². The first-order chi connectivity index (χ1) is 12.6. The van der Waals surface area contributed by atoms with Crippen LogP contribution >= 0.6 is 0 Å². The maximum atomic E-state index is 12.7. The number of rotatable bonds is 6. The molecule has 134 valence electrons. The summed E-state index contributed by atoms with van der Waals surface area (Å²) in [4.78, 5) is 18.8. The minimum atomic E-state index is -0.626. The molecule has 26 heavy (non-hydrogen) atoms. The Morgan fingerprint density at radius 3 is 2.58 bits per heavy atom. The normalized spacial score (nSPS) is 11.8. The molecule has 0 fully saturated rings. The van der Waals surface area contributed by atoms with Crippen molar-refractivity contribution in [1.29, 1.82) is 0 Å². The number of ether oxygens (including phenoxy) is 2. The van der Waals surface area contributed by atoms with Crippen LogP contribution < -0.4 is 9.47 Å². The molecule has 5 nitrogen and oxygen atoms in total. The zero-order valence-electron chi connectivity index (χ0n) is 15.2. The molecule has 1 atom stereocenters. The monoisotopic (exact) mass is 350 g/mol. The maximum Gasteiger partial charge on any atom is 0.263 e. The van der Waals surface area contributed by atoms with E-state index in [1.54, 1.807) is 44.3 Å². The molecule has 3 rings (SSSR count). The fourth-order valence-corrected chi connectivity index (χ4v) is 2.90. The largest absolute Gasteiger partial charge is 0.493 e. The van der Waals surface area contributed by atoms with E-state index in [4.69, 9.17) is 9.47 Å². The number of fused-ring (bicyclic) bond motifs is 1. The van der Waals surface area contributed by atoms with Gasteiger partial charge in [-0.05, 0) is 30.7 Å². The van der Waals surface area contributed by atoms with Crippen LogP contribution in [0.4, 0.5) is 0 Å². The Labute approximate surface area is 153 Å². The van der Waals surface area contributed by atoms with Crippen molar-refractivity contribution in [3.05, 3.63) is 66.4 Å². The average Bonchev–Trinajstić information content (AvgIpc) is 2.68. The lowest BCUT2D eigenvalue weighted by Gasteiger charge is -2.23. The third-order valence-corrected chi connectivity index (χ3v) is 4.22. The number of hydrogen-bond acceptors (Lipinski definition) is 4. The number of hydrogen-bond donors (Lipinski definition) is 0. The van der Waals surface area contributed by atoms with Gasteiger partial charge in [-0.15, -0.1) is 0 Å². The molecule has 3 aromatic rings. The summed E-state index contributed by atoms with van der Waals surface area (Å²) in [6.45, 7) is 2.21. The van der Waals surface area contributed by atoms with Gasteiger partial charge >= 0.3 is 0 Å². The molecule has 0 N–H and O–H groups in total. The van der Waals surface area contributed by atoms with Gasteiger partial charge in [-0.3, -0.25) is 9.78 Å². The van der Waals surface area contributed by atoms with Crippen molar-refractivity contribution in [3.8, 4) is 11.5 Å². The van der Waals surface area contributed by atoms with Crippen LogP contribution in [-0.4, -0.2) is 36.1 Å². The summed E-state index contributed by atoms with van der Waals surface area (Å²) in [6.07, 6.45) is 1.14. The molecule has 0 saturated heterocycles. The second-order valence-electron chi connectivity index (χ2n) is 6.10. The smallest absolute Gasteiger partial charge is 0.263 e. The molecule has 1 amide bonds. The van der Waals surface area contributed by atoms with Gasteiger partial charge in [-0.2, -0.15) is 0 Å². The van der Waals surface area contributed by atoms with Crippen LogP contribution in [-0.2, 0) is 11.3 Å². The Balaban J connectivity index is 1.72. The summed E-state index contributed by atoms with van der Waals surface area (Å²) in [7, 11) is 3.35. The van der Waals surface area contributed by atoms with E-state index in [0.29, 0.717) is 18.0 Å². The van der Waals surface area contributed by atoms with Crippen molar-refractivity contribution >= 4 is 16.8 Å². The lowest BCUT2D eigenvalue weighted by molar-refractivity contribution is -0.137. The molecule has 1 unspecified atom stereocenters. The van der Waals surface area contributed by atoms with E-state index < -0.39 is 6.10 Å². The number of benzene rings is 2. The summed E-state index contributed by atoms with van der Waals surface area (Å²) in [6, 6.07) is 17.2. The summed E-state index contributed by atoms with van der Waals surface area (Å²) < 4.78 is 11.1. The fraction of sp³-hybridized carbons (Fsp3) is 0.238. The van der Waals surface area contributed by atoms with E-state index in [1.165, 1.54) is 0 Å². The standard InChI is InChI=1S/C21H22N2O3/c1-15(26-19-12-5-4-11-18(19)25-3)21(24)23(2)14-17-9-6-8-16-10-7-13-22-20(16)17/h4-13,15H,14H2,1-3H3. The first kappa shape index (κ1) is 17.7. The molecule has 0 aliphatic carbocycles. The topological polar surface area (TPSA) is 51.7 Å². The van der Waals surface area contributed by atoms with E-state index in [-0.39, 0.29) is 5.91 Å². The fourth-order valence-electron chi connectivity index (χ4n) is 2.90. The number of likely N-dealkylation sites (N-methyl/N-ethyl adjacent to an activating group) is 1. The number of carbonyl (C=O) groups excluding carboxylic acids is 1. The quantitative estimate of drug-likeness (QED) is 0.681. The molecular weight excluding hydrogens is 328 g/mol. The number of para-hydroxylation sites is 3. The molecule has 5 heteroatoms. The molecule has 0 radical (unpaired) electrons. The van der Waals surface area contributed by atoms with Gasteiger partial charge in [0.2, 0.25) is 0 Å². The minimum absolute atomic E-state index is 0.108. The summed E-state index contributed by atoms with van der Waals surface area (Å²) in [5.41, 5.74) is 1.91. The minimum Gasteiger partial charge on any atom is -0.493 e. The average molecular weight is 350 g/mol. The molecule has 0 aliphatic rings. The van der Waals surface area contributed by atoms with E-state index >= 15 is 0 Å². The molecule has 0 saturated carbocycles. The van der Waals surface area contributed by atoms with Gasteiger partial charge in [0.25, 0.3) is 5.91 Å². The van der Waals surface area contributed by atoms with Crippen LogP contribution in [0.2, 0.25) is 0 Å². The van der Waals surface area contributed by atoms with Gasteiger partial charge in [0.05, 0.1) is 12.6 Å². The SMILES string of the molecule is COc1ccccc1OC(C)C(=O)N(C)Cc1cccc2cccnc12. The van der Waals surface area contributed by atoms with Crippen LogP contribution in [0.1, 0.15) is 12.5 Å². The van der Waals surface area contributed by atoms with Gasteiger partial charge in [0.1, 0.15) is 0 Å². The summed E-state index contributed by atoms with van der Waals surface area (Å²) >= 11 is 0. The molecule has 1 aromatic heterocycles. The summed E-state index contributed by atoms with van der Waals surface area (Å²) in [5.74, 6) is 1.05. The molecule has 0 bridgehead atoms. The first-order valence-corrected chi connectivity index (χ1v) is 8.47. The van der Waals surface area contributed by atoms with Gasteiger partial charge in [0.15, 0.2) is 17.6 Å². The number of methoxy groups -OCH3 is 1.